The van der Waals surface area contributed by atoms with Gasteiger partial charge in [0.25, 0.3) is 0 Å². The van der Waals surface area contributed by atoms with Gasteiger partial charge in [-0.2, -0.15) is 0 Å². The van der Waals surface area contributed by atoms with Crippen molar-refractivity contribution >= 4 is 16.0 Å². The Morgan fingerprint density at radius 1 is 1.26 bits per heavy atom. The summed E-state index contributed by atoms with van der Waals surface area (Å²) in [6.07, 6.45) is 1.96. The van der Waals surface area contributed by atoms with Gasteiger partial charge in [-0.05, 0) is 12.8 Å². The molecule has 2 saturated heterocycles. The van der Waals surface area contributed by atoms with Crippen LogP contribution in [0.1, 0.15) is 12.8 Å². The maximum atomic E-state index is 11.4. The highest BCUT2D eigenvalue weighted by Crippen LogP contribution is 2.20. The smallest absolute Gasteiger partial charge is 0.334 e. The minimum absolute atomic E-state index is 0.253. The number of sulfonamides is 1. The van der Waals surface area contributed by atoms with Crippen molar-refractivity contribution in [3.8, 4) is 0 Å². The van der Waals surface area contributed by atoms with Gasteiger partial charge in [-0.1, -0.05) is 0 Å². The van der Waals surface area contributed by atoms with Crippen molar-refractivity contribution in [2.75, 3.05) is 39.0 Å². The molecule has 2 fully saturated rings. The maximum Gasteiger partial charge on any atom is 0.334 e. The van der Waals surface area contributed by atoms with Crippen LogP contribution in [-0.4, -0.2) is 79.9 Å². The van der Waals surface area contributed by atoms with Gasteiger partial charge in [0.15, 0.2) is 6.10 Å². The molecule has 1 N–H and O–H groups in total. The van der Waals surface area contributed by atoms with E-state index in [-0.39, 0.29) is 6.04 Å². The van der Waals surface area contributed by atoms with Gasteiger partial charge in [0, 0.05) is 32.2 Å². The fourth-order valence-electron chi connectivity index (χ4n) is 2.69. The summed E-state index contributed by atoms with van der Waals surface area (Å²) >= 11 is 0. The van der Waals surface area contributed by atoms with Crippen LogP contribution in [0.5, 0.6) is 0 Å². The zero-order valence-corrected chi connectivity index (χ0v) is 11.8. The van der Waals surface area contributed by atoms with Crippen LogP contribution in [0, 0.1) is 0 Å². The van der Waals surface area contributed by atoms with Crippen LogP contribution in [0.25, 0.3) is 0 Å². The number of morpholine rings is 1. The van der Waals surface area contributed by atoms with Crippen molar-refractivity contribution in [2.45, 2.75) is 25.0 Å². The average molecular weight is 292 g/mol. The standard InChI is InChI=1S/C11H20N2O5S/c1-19(16,17)13-4-2-9(3-5-13)12-6-7-18-10(8-12)11(14)15/h9-10H,2-8H2,1H3,(H,14,15). The molecule has 2 rings (SSSR count). The van der Waals surface area contributed by atoms with Gasteiger partial charge >= 0.3 is 5.97 Å². The van der Waals surface area contributed by atoms with E-state index in [0.717, 1.165) is 12.8 Å². The molecule has 0 saturated carbocycles. The molecule has 0 radical (unpaired) electrons. The Labute approximate surface area is 113 Å². The van der Waals surface area contributed by atoms with Crippen LogP contribution < -0.4 is 0 Å². The number of carboxylic acid groups (broad SMARTS) is 1. The second kappa shape index (κ2) is 5.74. The molecule has 0 aromatic heterocycles. The van der Waals surface area contributed by atoms with Crippen molar-refractivity contribution in [2.24, 2.45) is 0 Å². The summed E-state index contributed by atoms with van der Waals surface area (Å²) in [5.74, 6) is -0.932. The monoisotopic (exact) mass is 292 g/mol. The number of carboxylic acids is 1. The van der Waals surface area contributed by atoms with E-state index in [9.17, 15) is 13.2 Å². The van der Waals surface area contributed by atoms with Crippen molar-refractivity contribution in [3.05, 3.63) is 0 Å². The van der Waals surface area contributed by atoms with E-state index in [1.165, 1.54) is 10.6 Å². The van der Waals surface area contributed by atoms with Crippen LogP contribution >= 0.6 is 0 Å². The first-order valence-corrected chi connectivity index (χ1v) is 8.26. The fourth-order valence-corrected chi connectivity index (χ4v) is 3.56. The zero-order valence-electron chi connectivity index (χ0n) is 11.0. The molecule has 0 bridgehead atoms. The first-order chi connectivity index (χ1) is 8.88. The predicted molar refractivity (Wildman–Crippen MR) is 68.4 cm³/mol. The van der Waals surface area contributed by atoms with Crippen LogP contribution in [-0.2, 0) is 19.6 Å². The first-order valence-electron chi connectivity index (χ1n) is 6.41. The zero-order chi connectivity index (χ0) is 14.0. The molecule has 7 nitrogen and oxygen atoms in total. The normalized spacial score (nSPS) is 28.4. The van der Waals surface area contributed by atoms with Crippen molar-refractivity contribution in [3.63, 3.8) is 0 Å². The van der Waals surface area contributed by atoms with E-state index in [1.807, 2.05) is 0 Å². The van der Waals surface area contributed by atoms with Crippen molar-refractivity contribution in [1.82, 2.24) is 9.21 Å². The van der Waals surface area contributed by atoms with Gasteiger partial charge in [0.2, 0.25) is 10.0 Å². The summed E-state index contributed by atoms with van der Waals surface area (Å²) in [7, 11) is -3.11. The number of ether oxygens (including phenoxy) is 1. The Hall–Kier alpha value is -0.700. The Kier molecular flexibility index (Phi) is 4.44. The number of rotatable bonds is 3. The molecule has 0 spiro atoms. The SMILES string of the molecule is CS(=O)(=O)N1CCC(N2CCOC(C(=O)O)C2)CC1. The lowest BCUT2D eigenvalue weighted by molar-refractivity contribution is -0.157. The quantitative estimate of drug-likeness (QED) is 0.732. The van der Waals surface area contributed by atoms with Gasteiger partial charge in [0.05, 0.1) is 12.9 Å². The Balaban J connectivity index is 1.89. The average Bonchev–Trinajstić information content (AvgIpc) is 2.38. The van der Waals surface area contributed by atoms with Crippen LogP contribution in [0.15, 0.2) is 0 Å². The van der Waals surface area contributed by atoms with Gasteiger partial charge in [-0.3, -0.25) is 4.90 Å². The molecule has 0 aliphatic carbocycles. The third-order valence-electron chi connectivity index (χ3n) is 3.78. The predicted octanol–water partition coefficient (Wildman–Crippen LogP) is -0.804. The molecular weight excluding hydrogens is 272 g/mol. The highest BCUT2D eigenvalue weighted by atomic mass is 32.2. The number of nitrogens with zero attached hydrogens (tertiary/aromatic N) is 2. The maximum absolute atomic E-state index is 11.4. The molecule has 2 aliphatic heterocycles. The van der Waals surface area contributed by atoms with E-state index in [2.05, 4.69) is 4.90 Å². The summed E-state index contributed by atoms with van der Waals surface area (Å²) < 4.78 is 29.5. The lowest BCUT2D eigenvalue weighted by atomic mass is 10.0. The Bertz CT molecular complexity index is 430. The number of aliphatic carboxylic acids is 1. The van der Waals surface area contributed by atoms with Crippen LogP contribution in [0.3, 0.4) is 0 Å². The summed E-state index contributed by atoms with van der Waals surface area (Å²) in [5, 5.41) is 8.96. The number of piperidine rings is 1. The minimum atomic E-state index is -3.11. The highest BCUT2D eigenvalue weighted by Gasteiger charge is 2.33. The van der Waals surface area contributed by atoms with Crippen LogP contribution in [0.2, 0.25) is 0 Å². The largest absolute Gasteiger partial charge is 0.479 e. The van der Waals surface area contributed by atoms with E-state index in [1.54, 1.807) is 0 Å². The van der Waals surface area contributed by atoms with E-state index < -0.39 is 22.1 Å². The van der Waals surface area contributed by atoms with E-state index in [4.69, 9.17) is 9.84 Å². The molecule has 110 valence electrons. The van der Waals surface area contributed by atoms with Gasteiger partial charge < -0.3 is 9.84 Å². The third-order valence-corrected chi connectivity index (χ3v) is 5.09. The third kappa shape index (κ3) is 3.65. The second-order valence-corrected chi connectivity index (χ2v) is 7.07. The van der Waals surface area contributed by atoms with Crippen molar-refractivity contribution < 1.29 is 23.1 Å². The molecule has 1 atom stereocenters. The summed E-state index contributed by atoms with van der Waals surface area (Å²) in [6, 6.07) is 0.253. The Morgan fingerprint density at radius 3 is 2.42 bits per heavy atom. The van der Waals surface area contributed by atoms with Gasteiger partial charge in [-0.15, -0.1) is 0 Å². The molecule has 19 heavy (non-hydrogen) atoms. The fraction of sp³-hybridized carbons (Fsp3) is 0.909. The first kappa shape index (κ1) is 14.7. The van der Waals surface area contributed by atoms with Gasteiger partial charge in [0.1, 0.15) is 0 Å². The molecule has 8 heteroatoms. The van der Waals surface area contributed by atoms with Crippen molar-refractivity contribution in [1.29, 1.82) is 0 Å². The van der Waals surface area contributed by atoms with Gasteiger partial charge in [-0.25, -0.2) is 17.5 Å². The van der Waals surface area contributed by atoms with E-state index >= 15 is 0 Å². The number of hydrogen-bond donors (Lipinski definition) is 1. The Morgan fingerprint density at radius 2 is 1.89 bits per heavy atom. The minimum Gasteiger partial charge on any atom is -0.479 e. The molecular formula is C11H20N2O5S. The summed E-state index contributed by atoms with van der Waals surface area (Å²) in [5.41, 5.74) is 0. The topological polar surface area (TPSA) is 87.2 Å². The van der Waals surface area contributed by atoms with Crippen LogP contribution in [0.4, 0.5) is 0 Å². The summed E-state index contributed by atoms with van der Waals surface area (Å²) in [4.78, 5) is 13.0. The highest BCUT2D eigenvalue weighted by molar-refractivity contribution is 7.88. The summed E-state index contributed by atoms with van der Waals surface area (Å²) in [6.45, 7) is 2.55. The number of hydrogen-bond acceptors (Lipinski definition) is 5. The second-order valence-electron chi connectivity index (χ2n) is 5.09. The molecule has 0 aromatic rings. The molecule has 2 aliphatic rings. The van der Waals surface area contributed by atoms with E-state index in [0.29, 0.717) is 32.8 Å². The molecule has 1 unspecified atom stereocenters. The lowest BCUT2D eigenvalue weighted by Crippen LogP contribution is -2.53. The molecule has 0 amide bonds. The lowest BCUT2D eigenvalue weighted by Gasteiger charge is -2.40. The molecule has 2 heterocycles. The number of carbonyl (C=O) groups is 1. The molecule has 0 aromatic carbocycles.